The molecule has 23 heavy (non-hydrogen) atoms. The van der Waals surface area contributed by atoms with Crippen molar-refractivity contribution in [3.05, 3.63) is 28.3 Å². The number of aryl methyl sites for hydroxylation is 2. The summed E-state index contributed by atoms with van der Waals surface area (Å²) in [5, 5.41) is 3.33. The second-order valence-electron chi connectivity index (χ2n) is 6.02. The van der Waals surface area contributed by atoms with Gasteiger partial charge in [-0.1, -0.05) is 17.7 Å². The number of benzene rings is 1. The third-order valence-corrected chi connectivity index (χ3v) is 3.74. The lowest BCUT2D eigenvalue weighted by molar-refractivity contribution is -0.123. The molecule has 0 radical (unpaired) electrons. The number of amides is 2. The van der Waals surface area contributed by atoms with Crippen LogP contribution >= 0.6 is 11.6 Å². The van der Waals surface area contributed by atoms with Gasteiger partial charge in [-0.05, 0) is 58.1 Å². The summed E-state index contributed by atoms with van der Waals surface area (Å²) >= 11 is 6.29. The molecule has 0 aliphatic carbocycles. The van der Waals surface area contributed by atoms with E-state index in [9.17, 15) is 9.59 Å². The van der Waals surface area contributed by atoms with E-state index in [1.54, 1.807) is 6.07 Å². The smallest absolute Gasteiger partial charge is 0.240 e. The second-order valence-corrected chi connectivity index (χ2v) is 6.43. The van der Waals surface area contributed by atoms with Gasteiger partial charge in [0.1, 0.15) is 6.54 Å². The standard InChI is InChI=1S/C17H26ClN3O2/c1-12-9-13(2)17(15(18)10-12)21(14(3)22)11-16(23)19-7-6-8-20(4)5/h9-10H,6-8,11H2,1-5H3,(H,19,23). The van der Waals surface area contributed by atoms with Gasteiger partial charge >= 0.3 is 0 Å². The molecule has 6 heteroatoms. The third-order valence-electron chi connectivity index (χ3n) is 3.45. The molecule has 0 bridgehead atoms. The van der Waals surface area contributed by atoms with Gasteiger partial charge < -0.3 is 15.1 Å². The minimum atomic E-state index is -0.206. The van der Waals surface area contributed by atoms with Gasteiger partial charge in [-0.25, -0.2) is 0 Å². The van der Waals surface area contributed by atoms with Crippen LogP contribution in [0.3, 0.4) is 0 Å². The van der Waals surface area contributed by atoms with Gasteiger partial charge in [0.25, 0.3) is 0 Å². The van der Waals surface area contributed by atoms with Gasteiger partial charge in [-0.2, -0.15) is 0 Å². The predicted octanol–water partition coefficient (Wildman–Crippen LogP) is 2.38. The van der Waals surface area contributed by atoms with Crippen molar-refractivity contribution in [2.75, 3.05) is 38.6 Å². The number of nitrogens with zero attached hydrogens (tertiary/aromatic N) is 2. The minimum Gasteiger partial charge on any atom is -0.355 e. The molecule has 1 aromatic rings. The molecular weight excluding hydrogens is 314 g/mol. The average Bonchev–Trinajstić information content (AvgIpc) is 2.41. The van der Waals surface area contributed by atoms with E-state index in [1.165, 1.54) is 11.8 Å². The molecule has 5 nitrogen and oxygen atoms in total. The number of anilines is 1. The highest BCUT2D eigenvalue weighted by atomic mass is 35.5. The number of halogens is 1. The molecule has 1 aromatic carbocycles. The molecule has 0 heterocycles. The zero-order valence-electron chi connectivity index (χ0n) is 14.6. The number of carbonyl (C=O) groups excluding carboxylic acids is 2. The largest absolute Gasteiger partial charge is 0.355 e. The molecule has 0 saturated carbocycles. The summed E-state index contributed by atoms with van der Waals surface area (Å²) in [7, 11) is 3.98. The first-order chi connectivity index (χ1) is 10.7. The van der Waals surface area contributed by atoms with Crippen molar-refractivity contribution >= 4 is 29.1 Å². The molecule has 0 unspecified atom stereocenters. The van der Waals surface area contributed by atoms with E-state index in [0.29, 0.717) is 17.3 Å². The van der Waals surface area contributed by atoms with Gasteiger partial charge in [0.2, 0.25) is 11.8 Å². The van der Waals surface area contributed by atoms with Crippen LogP contribution in [0.1, 0.15) is 24.5 Å². The number of hydrogen-bond acceptors (Lipinski definition) is 3. The fourth-order valence-electron chi connectivity index (χ4n) is 2.42. The maximum Gasteiger partial charge on any atom is 0.240 e. The van der Waals surface area contributed by atoms with E-state index in [4.69, 9.17) is 11.6 Å². The zero-order valence-corrected chi connectivity index (χ0v) is 15.3. The van der Waals surface area contributed by atoms with E-state index < -0.39 is 0 Å². The fourth-order valence-corrected chi connectivity index (χ4v) is 2.84. The summed E-state index contributed by atoms with van der Waals surface area (Å²) in [6.45, 7) is 6.73. The van der Waals surface area contributed by atoms with Crippen LogP contribution < -0.4 is 10.2 Å². The van der Waals surface area contributed by atoms with Crippen molar-refractivity contribution in [2.45, 2.75) is 27.2 Å². The van der Waals surface area contributed by atoms with Gasteiger partial charge in [0.05, 0.1) is 10.7 Å². The first-order valence-electron chi connectivity index (χ1n) is 7.68. The van der Waals surface area contributed by atoms with E-state index in [-0.39, 0.29) is 18.4 Å². The van der Waals surface area contributed by atoms with Crippen LogP contribution in [0, 0.1) is 13.8 Å². The highest BCUT2D eigenvalue weighted by molar-refractivity contribution is 6.34. The van der Waals surface area contributed by atoms with Crippen molar-refractivity contribution in [1.82, 2.24) is 10.2 Å². The summed E-state index contributed by atoms with van der Waals surface area (Å²) in [6, 6.07) is 3.75. The van der Waals surface area contributed by atoms with Gasteiger partial charge in [0, 0.05) is 13.5 Å². The van der Waals surface area contributed by atoms with Crippen molar-refractivity contribution < 1.29 is 9.59 Å². The number of rotatable bonds is 7. The maximum atomic E-state index is 12.1. The lowest BCUT2D eigenvalue weighted by Crippen LogP contribution is -2.41. The maximum absolute atomic E-state index is 12.1. The highest BCUT2D eigenvalue weighted by Gasteiger charge is 2.20. The second kappa shape index (κ2) is 8.89. The Hall–Kier alpha value is -1.59. The van der Waals surface area contributed by atoms with Gasteiger partial charge in [-0.3, -0.25) is 9.59 Å². The van der Waals surface area contributed by atoms with Crippen molar-refractivity contribution in [3.8, 4) is 0 Å². The quantitative estimate of drug-likeness (QED) is 0.776. The Balaban J connectivity index is 2.77. The molecule has 0 aromatic heterocycles. The summed E-state index contributed by atoms with van der Waals surface area (Å²) in [5.41, 5.74) is 2.51. The van der Waals surface area contributed by atoms with E-state index in [0.717, 1.165) is 24.1 Å². The van der Waals surface area contributed by atoms with E-state index >= 15 is 0 Å². The fraction of sp³-hybridized carbons (Fsp3) is 0.529. The Morgan fingerprint density at radius 3 is 2.39 bits per heavy atom. The number of nitrogens with one attached hydrogen (secondary N) is 1. The Morgan fingerprint density at radius 1 is 1.22 bits per heavy atom. The molecule has 0 atom stereocenters. The molecule has 128 valence electrons. The number of carbonyl (C=O) groups is 2. The summed E-state index contributed by atoms with van der Waals surface area (Å²) in [4.78, 5) is 27.6. The topological polar surface area (TPSA) is 52.7 Å². The van der Waals surface area contributed by atoms with Gasteiger partial charge in [-0.15, -0.1) is 0 Å². The Bertz CT molecular complexity index is 550. The Kier molecular flexibility index (Phi) is 7.52. The van der Waals surface area contributed by atoms with Crippen LogP contribution in [-0.2, 0) is 9.59 Å². The highest BCUT2D eigenvalue weighted by Crippen LogP contribution is 2.31. The van der Waals surface area contributed by atoms with Crippen molar-refractivity contribution in [1.29, 1.82) is 0 Å². The van der Waals surface area contributed by atoms with Crippen LogP contribution in [0.4, 0.5) is 5.69 Å². The SMILES string of the molecule is CC(=O)N(CC(=O)NCCCN(C)C)c1c(C)cc(C)cc1Cl. The van der Waals surface area contributed by atoms with Crippen molar-refractivity contribution in [2.24, 2.45) is 0 Å². The molecule has 0 saturated heterocycles. The first kappa shape index (κ1) is 19.5. The summed E-state index contributed by atoms with van der Waals surface area (Å²) < 4.78 is 0. The van der Waals surface area contributed by atoms with Crippen LogP contribution in [0.2, 0.25) is 5.02 Å². The molecule has 1 N–H and O–H groups in total. The van der Waals surface area contributed by atoms with Crippen molar-refractivity contribution in [3.63, 3.8) is 0 Å². The molecule has 2 amide bonds. The monoisotopic (exact) mass is 339 g/mol. The number of hydrogen-bond donors (Lipinski definition) is 1. The average molecular weight is 340 g/mol. The lowest BCUT2D eigenvalue weighted by Gasteiger charge is -2.24. The normalized spacial score (nSPS) is 10.7. The first-order valence-corrected chi connectivity index (χ1v) is 8.06. The van der Waals surface area contributed by atoms with E-state index in [1.807, 2.05) is 34.0 Å². The molecule has 1 rings (SSSR count). The van der Waals surface area contributed by atoms with Gasteiger partial charge in [0.15, 0.2) is 0 Å². The zero-order chi connectivity index (χ0) is 17.6. The lowest BCUT2D eigenvalue weighted by atomic mass is 10.1. The predicted molar refractivity (Wildman–Crippen MR) is 95.1 cm³/mol. The van der Waals surface area contributed by atoms with Crippen LogP contribution in [0.15, 0.2) is 12.1 Å². The van der Waals surface area contributed by atoms with Crippen LogP contribution in [0.5, 0.6) is 0 Å². The van der Waals surface area contributed by atoms with Crippen LogP contribution in [-0.4, -0.2) is 50.4 Å². The van der Waals surface area contributed by atoms with Crippen LogP contribution in [0.25, 0.3) is 0 Å². The summed E-state index contributed by atoms with van der Waals surface area (Å²) in [6.07, 6.45) is 0.864. The van der Waals surface area contributed by atoms with E-state index in [2.05, 4.69) is 10.2 Å². The Morgan fingerprint density at radius 2 is 1.87 bits per heavy atom. The minimum absolute atomic E-state index is 0.0269. The molecule has 0 aliphatic heterocycles. The molecule has 0 fully saturated rings. The molecule has 0 aliphatic rings. The summed E-state index contributed by atoms with van der Waals surface area (Å²) in [5.74, 6) is -0.391. The third kappa shape index (κ3) is 6.20. The Labute approximate surface area is 143 Å². The molecular formula is C17H26ClN3O2. The molecule has 0 spiro atoms.